The summed E-state index contributed by atoms with van der Waals surface area (Å²) in [5.74, 6) is 0. The van der Waals surface area contributed by atoms with Gasteiger partial charge in [-0.05, 0) is 0 Å². The summed E-state index contributed by atoms with van der Waals surface area (Å²) in [5.41, 5.74) is 0. The van der Waals surface area contributed by atoms with Crippen LogP contribution in [0.5, 0.6) is 0 Å². The molecule has 0 aromatic carbocycles. The molecule has 0 spiro atoms. The lowest BCUT2D eigenvalue weighted by Gasteiger charge is -1.96. The lowest BCUT2D eigenvalue weighted by molar-refractivity contribution is -1.17. The first-order valence-corrected chi connectivity index (χ1v) is 2.82. The van der Waals surface area contributed by atoms with Gasteiger partial charge in [0.05, 0.1) is 0 Å². The molecule has 1 aliphatic rings. The minimum atomic E-state index is -0.836. The summed E-state index contributed by atoms with van der Waals surface area (Å²) in [7, 11) is 0. The van der Waals surface area contributed by atoms with Gasteiger partial charge in [-0.1, -0.05) is 5.10 Å². The first-order valence-electron chi connectivity index (χ1n) is 1.85. The largest absolute Gasteiger partial charge is 1.00 e. The Kier molecular flexibility index (Phi) is 3.05. The van der Waals surface area contributed by atoms with E-state index in [1.807, 2.05) is 0 Å². The van der Waals surface area contributed by atoms with Crippen LogP contribution in [0.25, 0.3) is 0 Å². The maximum Gasteiger partial charge on any atom is 0.368 e. The normalized spacial score (nSPS) is 28.1. The van der Waals surface area contributed by atoms with E-state index in [1.165, 1.54) is 22.9 Å². The van der Waals surface area contributed by atoms with Crippen LogP contribution in [-0.4, -0.2) is 14.3 Å². The van der Waals surface area contributed by atoms with E-state index in [9.17, 15) is 10.1 Å². The Bertz CT molecular complexity index is 190. The molecule has 0 saturated carbocycles. The number of quaternary nitrogens is 1. The quantitative estimate of drug-likeness (QED) is 0.233. The van der Waals surface area contributed by atoms with Crippen molar-refractivity contribution in [1.29, 1.82) is 0 Å². The molecule has 0 fully saturated rings. The van der Waals surface area contributed by atoms with Crippen LogP contribution in [0.3, 0.4) is 0 Å². The summed E-state index contributed by atoms with van der Waals surface area (Å²) in [6.07, 6.45) is 1.01. The summed E-state index contributed by atoms with van der Waals surface area (Å²) < 4.78 is -0.836. The second-order valence-corrected chi connectivity index (χ2v) is 2.64. The highest BCUT2D eigenvalue weighted by Crippen LogP contribution is 2.18. The Morgan fingerprint density at radius 1 is 1.70 bits per heavy atom. The Hall–Kier alpha value is -0.350. The number of hydrogen-bond donors (Lipinski definition) is 0. The first kappa shape index (κ1) is 9.65. The van der Waals surface area contributed by atoms with Gasteiger partial charge in [0.1, 0.15) is 5.22 Å². The molecule has 1 unspecified atom stereocenters. The minimum absolute atomic E-state index is 0. The molecule has 7 nitrogen and oxygen atoms in total. The number of rotatable bonds is 1. The van der Waals surface area contributed by atoms with Gasteiger partial charge < -0.3 is 12.4 Å². The molecule has 1 rings (SSSR count). The van der Waals surface area contributed by atoms with Gasteiger partial charge in [0.25, 0.3) is 5.03 Å². The van der Waals surface area contributed by atoms with Crippen molar-refractivity contribution in [2.75, 3.05) is 0 Å². The van der Waals surface area contributed by atoms with Gasteiger partial charge in [-0.3, -0.25) is 0 Å². The number of hydrogen-bond acceptors (Lipinski definition) is 5. The third-order valence-electron chi connectivity index (χ3n) is 0.645. The van der Waals surface area contributed by atoms with Gasteiger partial charge >= 0.3 is 29.2 Å². The summed E-state index contributed by atoms with van der Waals surface area (Å²) in [4.78, 5) is 10.0. The molecular formula is CHClIN5O2. The van der Waals surface area contributed by atoms with Gasteiger partial charge in [-0.25, -0.2) is 10.1 Å². The topological polar surface area (TPSA) is 80.2 Å². The number of halogens is 2. The maximum atomic E-state index is 10.0. The molecule has 0 aliphatic carbocycles. The fourth-order valence-electron chi connectivity index (χ4n) is 0.266. The Morgan fingerprint density at radius 3 is 2.50 bits per heavy atom. The zero-order valence-corrected chi connectivity index (χ0v) is 7.30. The molecular weight excluding hydrogens is 276 g/mol. The van der Waals surface area contributed by atoms with Crippen molar-refractivity contribution in [3.05, 3.63) is 10.1 Å². The molecule has 1 aliphatic heterocycles. The molecule has 0 aromatic heterocycles. The predicted molar refractivity (Wildman–Crippen MR) is 34.6 cm³/mol. The molecule has 9 heteroatoms. The first-order chi connectivity index (χ1) is 4.15. The van der Waals surface area contributed by atoms with Crippen LogP contribution in [0.1, 0.15) is 0 Å². The van der Waals surface area contributed by atoms with Crippen molar-refractivity contribution in [2.24, 2.45) is 15.5 Å². The zero-order valence-electron chi connectivity index (χ0n) is 4.39. The van der Waals surface area contributed by atoms with E-state index in [-0.39, 0.29) is 12.4 Å². The van der Waals surface area contributed by atoms with E-state index >= 15 is 0 Å². The summed E-state index contributed by atoms with van der Waals surface area (Å²) in [6.45, 7) is 0. The highest BCUT2D eigenvalue weighted by molar-refractivity contribution is 14.1. The van der Waals surface area contributed by atoms with Crippen LogP contribution >= 0.6 is 22.9 Å². The molecule has 1 heterocycles. The fraction of sp³-hybridized carbons (Fsp3) is 0. The molecule has 0 saturated heterocycles. The lowest BCUT2D eigenvalue weighted by Crippen LogP contribution is -3.00. The SMILES string of the molecule is O=[N+]([O-])[N+]1(I)C=NN=N1.[Cl-]. The van der Waals surface area contributed by atoms with Crippen LogP contribution < -0.4 is 12.4 Å². The molecule has 56 valence electrons. The van der Waals surface area contributed by atoms with E-state index < -0.39 is 7.95 Å². The van der Waals surface area contributed by atoms with Crippen LogP contribution in [0, 0.1) is 10.1 Å². The molecule has 1 atom stereocenters. The van der Waals surface area contributed by atoms with Crippen LogP contribution in [-0.2, 0) is 0 Å². The minimum Gasteiger partial charge on any atom is -1.00 e. The lowest BCUT2D eigenvalue weighted by atomic mass is 11.3. The third-order valence-corrected chi connectivity index (χ3v) is 1.44. The van der Waals surface area contributed by atoms with Crippen molar-refractivity contribution >= 4 is 29.2 Å². The van der Waals surface area contributed by atoms with Crippen molar-refractivity contribution in [3.8, 4) is 0 Å². The third kappa shape index (κ3) is 1.58. The summed E-state index contributed by atoms with van der Waals surface area (Å²) >= 11 is 1.48. The average Bonchev–Trinajstić information content (AvgIpc) is 2.16. The van der Waals surface area contributed by atoms with Crippen LogP contribution in [0.4, 0.5) is 0 Å². The molecule has 0 bridgehead atoms. The molecule has 0 radical (unpaired) electrons. The van der Waals surface area contributed by atoms with Crippen molar-refractivity contribution in [1.82, 2.24) is 0 Å². The Morgan fingerprint density at radius 2 is 2.30 bits per heavy atom. The van der Waals surface area contributed by atoms with Gasteiger partial charge in [0.15, 0.2) is 2.91 Å². The summed E-state index contributed by atoms with van der Waals surface area (Å²) in [5, 5.41) is 18.9. The molecule has 0 aromatic rings. The molecule has 0 N–H and O–H groups in total. The van der Waals surface area contributed by atoms with E-state index in [0.29, 0.717) is 0 Å². The molecule has 10 heavy (non-hydrogen) atoms. The van der Waals surface area contributed by atoms with Crippen molar-refractivity contribution in [3.63, 3.8) is 0 Å². The maximum absolute atomic E-state index is 10.0. The van der Waals surface area contributed by atoms with Gasteiger partial charge in [-0.15, -0.1) is 0 Å². The number of nitrogens with zero attached hydrogens (tertiary/aromatic N) is 5. The standard InChI is InChI=1S/CHIN5O2.ClH/c2-7(6(8)9)1-3-4-5-7;/h1H;1H/q+1;/p-1. The Balaban J connectivity index is 0.000000810. The average molecular weight is 277 g/mol. The Labute approximate surface area is 75.4 Å². The van der Waals surface area contributed by atoms with Gasteiger partial charge in [0.2, 0.25) is 0 Å². The van der Waals surface area contributed by atoms with Gasteiger partial charge in [0, 0.05) is 5.22 Å². The van der Waals surface area contributed by atoms with Crippen molar-refractivity contribution < 1.29 is 20.4 Å². The smallest absolute Gasteiger partial charge is 0.368 e. The zero-order chi connectivity index (χ0) is 6.91. The highest BCUT2D eigenvalue weighted by Gasteiger charge is 2.42. The second-order valence-electron chi connectivity index (χ2n) is 1.22. The van der Waals surface area contributed by atoms with Gasteiger partial charge in [-0.2, -0.15) is 0 Å². The van der Waals surface area contributed by atoms with E-state index in [0.717, 1.165) is 6.34 Å². The second kappa shape index (κ2) is 3.16. The highest BCUT2D eigenvalue weighted by atomic mass is 127. The monoisotopic (exact) mass is 277 g/mol. The van der Waals surface area contributed by atoms with Crippen LogP contribution in [0.15, 0.2) is 15.5 Å². The fourth-order valence-corrected chi connectivity index (χ4v) is 0.464. The van der Waals surface area contributed by atoms with Crippen molar-refractivity contribution in [2.45, 2.75) is 0 Å². The van der Waals surface area contributed by atoms with Crippen LogP contribution in [0.2, 0.25) is 0 Å². The summed E-state index contributed by atoms with van der Waals surface area (Å²) in [6, 6.07) is 0. The predicted octanol–water partition coefficient (Wildman–Crippen LogP) is -2.33. The van der Waals surface area contributed by atoms with E-state index in [1.54, 1.807) is 0 Å². The van der Waals surface area contributed by atoms with E-state index in [4.69, 9.17) is 0 Å². The van der Waals surface area contributed by atoms with E-state index in [2.05, 4.69) is 15.5 Å². The number of nitro groups is 1. The molecule has 0 amide bonds.